The van der Waals surface area contributed by atoms with Crippen LogP contribution in [0.4, 0.5) is 0 Å². The second-order valence-electron chi connectivity index (χ2n) is 6.43. The molecule has 3 rings (SSSR count). The summed E-state index contributed by atoms with van der Waals surface area (Å²) in [5.41, 5.74) is 1.81. The van der Waals surface area contributed by atoms with Crippen LogP contribution in [0.3, 0.4) is 0 Å². The van der Waals surface area contributed by atoms with Gasteiger partial charge in [0.05, 0.1) is 36.3 Å². The summed E-state index contributed by atoms with van der Waals surface area (Å²) in [5, 5.41) is 0.469. The molecule has 0 bridgehead atoms. The van der Waals surface area contributed by atoms with Crippen molar-refractivity contribution in [3.63, 3.8) is 0 Å². The average molecular weight is 388 g/mol. The van der Waals surface area contributed by atoms with Gasteiger partial charge in [0.15, 0.2) is 5.17 Å². The minimum absolute atomic E-state index is 0.0218. The fourth-order valence-corrected chi connectivity index (χ4v) is 4.38. The minimum atomic E-state index is -0.540. The number of hydrogen-bond donors (Lipinski definition) is 0. The smallest absolute Gasteiger partial charge is 0.338 e. The topological polar surface area (TPSA) is 68.2 Å². The second-order valence-corrected chi connectivity index (χ2v) is 7.60. The van der Waals surface area contributed by atoms with Crippen LogP contribution in [0.15, 0.2) is 40.5 Å². The Kier molecular flexibility index (Phi) is 5.89. The van der Waals surface area contributed by atoms with Gasteiger partial charge in [-0.2, -0.15) is 0 Å². The number of methoxy groups -OCH3 is 1. The van der Waals surface area contributed by atoms with Crippen LogP contribution >= 0.6 is 11.8 Å². The van der Waals surface area contributed by atoms with E-state index in [1.807, 2.05) is 38.1 Å². The maximum Gasteiger partial charge on any atom is 0.338 e. The number of fused-ring (bicyclic) bond motifs is 1. The Hall–Kier alpha value is -2.28. The number of thioether (sulfide) groups is 1. The van der Waals surface area contributed by atoms with E-state index in [1.165, 1.54) is 18.9 Å². The van der Waals surface area contributed by atoms with Gasteiger partial charge in [0.25, 0.3) is 0 Å². The average Bonchev–Trinajstić information content (AvgIpc) is 3.00. The highest BCUT2D eigenvalue weighted by Crippen LogP contribution is 2.44. The summed E-state index contributed by atoms with van der Waals surface area (Å²) < 4.78 is 10.6. The first-order valence-corrected chi connectivity index (χ1v) is 10.00. The molecule has 7 heteroatoms. The lowest BCUT2D eigenvalue weighted by Gasteiger charge is -2.32. The number of benzene rings is 1. The van der Waals surface area contributed by atoms with E-state index in [-0.39, 0.29) is 11.2 Å². The molecule has 27 heavy (non-hydrogen) atoms. The molecule has 0 N–H and O–H groups in total. The van der Waals surface area contributed by atoms with Crippen molar-refractivity contribution in [1.82, 2.24) is 4.90 Å². The third-order valence-electron chi connectivity index (χ3n) is 4.60. The monoisotopic (exact) mass is 388 g/mol. The van der Waals surface area contributed by atoms with E-state index in [9.17, 15) is 9.59 Å². The molecule has 2 atom stereocenters. The number of allylic oxidation sites excluding steroid dienone is 1. The molecule has 6 nitrogen and oxygen atoms in total. The SMILES string of the molecule is CCCOc1ccc([C@@H]2C(C(=O)OC)=C(C)N=C3S[C@@H](CC)C(=O)N32)cc1. The first-order valence-electron chi connectivity index (χ1n) is 9.12. The predicted octanol–water partition coefficient (Wildman–Crippen LogP) is 3.69. The van der Waals surface area contributed by atoms with Crippen molar-refractivity contribution in [2.24, 2.45) is 4.99 Å². The Labute approximate surface area is 163 Å². The highest BCUT2D eigenvalue weighted by atomic mass is 32.2. The largest absolute Gasteiger partial charge is 0.494 e. The van der Waals surface area contributed by atoms with Crippen molar-refractivity contribution in [2.45, 2.75) is 44.9 Å². The molecule has 0 aliphatic carbocycles. The van der Waals surface area contributed by atoms with Crippen molar-refractivity contribution < 1.29 is 19.1 Å². The number of nitrogens with zero attached hydrogens (tertiary/aromatic N) is 2. The van der Waals surface area contributed by atoms with Gasteiger partial charge in [-0.1, -0.05) is 37.7 Å². The number of carbonyl (C=O) groups is 2. The predicted molar refractivity (Wildman–Crippen MR) is 106 cm³/mol. The molecular formula is C20H24N2O4S. The number of esters is 1. The lowest BCUT2D eigenvalue weighted by Crippen LogP contribution is -2.40. The Morgan fingerprint density at radius 1 is 1.26 bits per heavy atom. The van der Waals surface area contributed by atoms with E-state index in [0.29, 0.717) is 29.5 Å². The second kappa shape index (κ2) is 8.17. The Morgan fingerprint density at radius 2 is 1.96 bits per heavy atom. The van der Waals surface area contributed by atoms with E-state index in [1.54, 1.807) is 11.8 Å². The van der Waals surface area contributed by atoms with Crippen LogP contribution < -0.4 is 4.74 Å². The van der Waals surface area contributed by atoms with Gasteiger partial charge in [0, 0.05) is 0 Å². The lowest BCUT2D eigenvalue weighted by atomic mass is 9.94. The highest BCUT2D eigenvalue weighted by Gasteiger charge is 2.47. The number of aliphatic imine (C=N–C) groups is 1. The third-order valence-corrected chi connectivity index (χ3v) is 5.91. The van der Waals surface area contributed by atoms with Crippen LogP contribution in [0.5, 0.6) is 5.75 Å². The summed E-state index contributed by atoms with van der Waals surface area (Å²) >= 11 is 1.46. The van der Waals surface area contributed by atoms with Gasteiger partial charge < -0.3 is 9.47 Å². The fraction of sp³-hybridized carbons (Fsp3) is 0.450. The van der Waals surface area contributed by atoms with Gasteiger partial charge in [-0.25, -0.2) is 9.79 Å². The number of ether oxygens (including phenoxy) is 2. The van der Waals surface area contributed by atoms with E-state index in [4.69, 9.17) is 9.47 Å². The number of hydrogen-bond acceptors (Lipinski definition) is 6. The summed E-state index contributed by atoms with van der Waals surface area (Å²) in [6.45, 7) is 6.46. The molecule has 0 radical (unpaired) electrons. The van der Waals surface area contributed by atoms with E-state index in [0.717, 1.165) is 17.7 Å². The molecule has 0 unspecified atom stereocenters. The molecule has 1 aromatic rings. The van der Waals surface area contributed by atoms with Crippen LogP contribution in [0.2, 0.25) is 0 Å². The molecule has 1 fully saturated rings. The van der Waals surface area contributed by atoms with Crippen molar-refractivity contribution in [3.05, 3.63) is 41.1 Å². The van der Waals surface area contributed by atoms with Crippen molar-refractivity contribution in [2.75, 3.05) is 13.7 Å². The molecule has 2 aliphatic heterocycles. The summed E-state index contributed by atoms with van der Waals surface area (Å²) in [6.07, 6.45) is 1.64. The van der Waals surface area contributed by atoms with Crippen LogP contribution in [0, 0.1) is 0 Å². The summed E-state index contributed by atoms with van der Waals surface area (Å²) in [4.78, 5) is 31.6. The van der Waals surface area contributed by atoms with Gasteiger partial charge in [-0.15, -0.1) is 0 Å². The quantitative estimate of drug-likeness (QED) is 0.695. The Bertz CT molecular complexity index is 801. The van der Waals surface area contributed by atoms with Crippen molar-refractivity contribution in [3.8, 4) is 5.75 Å². The summed E-state index contributed by atoms with van der Waals surface area (Å²) in [5.74, 6) is 0.273. The van der Waals surface area contributed by atoms with E-state index in [2.05, 4.69) is 4.99 Å². The molecule has 144 valence electrons. The van der Waals surface area contributed by atoms with Crippen LogP contribution in [-0.2, 0) is 14.3 Å². The molecule has 0 aromatic heterocycles. The number of amidine groups is 1. The van der Waals surface area contributed by atoms with Gasteiger partial charge >= 0.3 is 5.97 Å². The third kappa shape index (κ3) is 3.60. The standard InChI is InChI=1S/C20H24N2O4S/c1-5-11-26-14-9-7-13(8-10-14)17-16(19(24)25-4)12(3)21-20-22(17)18(23)15(6-2)27-20/h7-10,15,17H,5-6,11H2,1-4H3/t15-,17+/m0/s1. The Morgan fingerprint density at radius 3 is 2.56 bits per heavy atom. The molecule has 0 saturated carbocycles. The maximum absolute atomic E-state index is 13.0. The molecule has 2 aliphatic rings. The zero-order valence-electron chi connectivity index (χ0n) is 16.0. The highest BCUT2D eigenvalue weighted by molar-refractivity contribution is 8.15. The summed E-state index contributed by atoms with van der Waals surface area (Å²) in [6, 6.07) is 6.98. The Balaban J connectivity index is 2.03. The van der Waals surface area contributed by atoms with Crippen LogP contribution in [0.25, 0.3) is 0 Å². The fourth-order valence-electron chi connectivity index (χ4n) is 3.24. The first-order chi connectivity index (χ1) is 13.0. The zero-order valence-corrected chi connectivity index (χ0v) is 16.8. The number of rotatable bonds is 6. The maximum atomic E-state index is 13.0. The van der Waals surface area contributed by atoms with Crippen LogP contribution in [-0.4, -0.2) is 40.9 Å². The molecular weight excluding hydrogens is 364 g/mol. The number of carbonyl (C=O) groups excluding carboxylic acids is 2. The van der Waals surface area contributed by atoms with Crippen molar-refractivity contribution in [1.29, 1.82) is 0 Å². The molecule has 1 saturated heterocycles. The first kappa shape index (κ1) is 19.5. The number of amides is 1. The van der Waals surface area contributed by atoms with Gasteiger partial charge in [-0.05, 0) is 37.5 Å². The zero-order chi connectivity index (χ0) is 19.6. The van der Waals surface area contributed by atoms with Gasteiger partial charge in [0.1, 0.15) is 5.75 Å². The van der Waals surface area contributed by atoms with E-state index >= 15 is 0 Å². The van der Waals surface area contributed by atoms with Crippen molar-refractivity contribution >= 4 is 28.8 Å². The minimum Gasteiger partial charge on any atom is -0.494 e. The molecule has 1 aromatic carbocycles. The van der Waals surface area contributed by atoms with Gasteiger partial charge in [0.2, 0.25) is 5.91 Å². The molecule has 0 spiro atoms. The lowest BCUT2D eigenvalue weighted by molar-refractivity contribution is -0.137. The van der Waals surface area contributed by atoms with Crippen LogP contribution in [0.1, 0.15) is 45.2 Å². The molecule has 2 heterocycles. The normalized spacial score (nSPS) is 21.9. The van der Waals surface area contributed by atoms with E-state index < -0.39 is 12.0 Å². The van der Waals surface area contributed by atoms with Gasteiger partial charge in [-0.3, -0.25) is 9.69 Å². The summed E-state index contributed by atoms with van der Waals surface area (Å²) in [7, 11) is 1.34. The molecule has 1 amide bonds.